The molecule has 58 heavy (non-hydrogen) atoms. The Morgan fingerprint density at radius 2 is 0.603 bits per heavy atom. The van der Waals surface area contributed by atoms with E-state index in [1.54, 1.807) is 0 Å². The SMILES string of the molecule is c1ccc(-n2c3ccccc3c3ccc(-c4ccc5c6ccccc6n(-c6ccc7oc8ccc(-n9c%10ccccc%10c%10ccccc%109)cc8c7c6)c5c4)cc32)cc1. The topological polar surface area (TPSA) is 27.9 Å². The molecule has 0 atom stereocenters. The van der Waals surface area contributed by atoms with Gasteiger partial charge in [0.1, 0.15) is 11.2 Å². The van der Waals surface area contributed by atoms with E-state index in [-0.39, 0.29) is 0 Å². The number of hydrogen-bond donors (Lipinski definition) is 0. The molecule has 0 saturated heterocycles. The summed E-state index contributed by atoms with van der Waals surface area (Å²) < 4.78 is 13.7. The molecule has 0 amide bonds. The molecule has 0 aliphatic rings. The second kappa shape index (κ2) is 11.8. The Balaban J connectivity index is 1.01. The van der Waals surface area contributed by atoms with E-state index in [1.807, 2.05) is 0 Å². The standard InChI is InChI=1S/C54H33N3O/c1-2-12-36(13-3-1)55-47-18-8-6-16-41(47)43-26-22-34(30-51(43)55)35-23-27-44-42-17-7-11-21-50(42)57(52(44)31-35)38-25-29-54-46(33-38)45-32-37(24-28-53(45)58-54)56-48-19-9-4-14-39(48)40-15-5-10-20-49(40)56/h1-33H. The predicted octanol–water partition coefficient (Wildman–Crippen LogP) is 14.5. The van der Waals surface area contributed by atoms with Crippen LogP contribution in [0.25, 0.3) is 116 Å². The lowest BCUT2D eigenvalue weighted by molar-refractivity contribution is 0.669. The molecule has 0 unspecified atom stereocenters. The maximum absolute atomic E-state index is 6.50. The summed E-state index contributed by atoms with van der Waals surface area (Å²) in [5.41, 5.74) is 14.6. The molecule has 0 saturated carbocycles. The molecule has 4 nitrogen and oxygen atoms in total. The van der Waals surface area contributed by atoms with Crippen molar-refractivity contribution in [3.05, 3.63) is 200 Å². The van der Waals surface area contributed by atoms with Gasteiger partial charge < -0.3 is 18.1 Å². The molecule has 0 aliphatic heterocycles. The van der Waals surface area contributed by atoms with Gasteiger partial charge in [-0.15, -0.1) is 0 Å². The van der Waals surface area contributed by atoms with Crippen molar-refractivity contribution >= 4 is 87.4 Å². The summed E-state index contributed by atoms with van der Waals surface area (Å²) in [5, 5.41) is 9.66. The number of hydrogen-bond acceptors (Lipinski definition) is 1. The third kappa shape index (κ3) is 4.40. The number of fused-ring (bicyclic) bond motifs is 12. The molecule has 0 N–H and O–H groups in total. The molecule has 0 aliphatic carbocycles. The normalized spacial score (nSPS) is 12.1. The van der Waals surface area contributed by atoms with Crippen LogP contribution in [0.4, 0.5) is 0 Å². The van der Waals surface area contributed by atoms with Crippen molar-refractivity contribution in [1.82, 2.24) is 13.7 Å². The number of aromatic nitrogens is 3. The lowest BCUT2D eigenvalue weighted by Gasteiger charge is -2.11. The summed E-state index contributed by atoms with van der Waals surface area (Å²) >= 11 is 0. The second-order valence-corrected chi connectivity index (χ2v) is 15.3. The summed E-state index contributed by atoms with van der Waals surface area (Å²) in [4.78, 5) is 0. The van der Waals surface area contributed by atoms with E-state index >= 15 is 0 Å². The van der Waals surface area contributed by atoms with Crippen molar-refractivity contribution in [1.29, 1.82) is 0 Å². The average molecular weight is 740 g/mol. The van der Waals surface area contributed by atoms with E-state index in [4.69, 9.17) is 4.42 Å². The lowest BCUT2D eigenvalue weighted by Crippen LogP contribution is -1.94. The minimum absolute atomic E-state index is 0.877. The van der Waals surface area contributed by atoms with Gasteiger partial charge in [-0.05, 0) is 96.1 Å². The maximum atomic E-state index is 6.50. The van der Waals surface area contributed by atoms with Crippen LogP contribution in [-0.2, 0) is 0 Å². The summed E-state index contributed by atoms with van der Waals surface area (Å²) in [7, 11) is 0. The maximum Gasteiger partial charge on any atom is 0.135 e. The molecule has 13 rings (SSSR count). The van der Waals surface area contributed by atoms with Gasteiger partial charge in [0, 0.05) is 60.2 Å². The van der Waals surface area contributed by atoms with Gasteiger partial charge in [0.2, 0.25) is 0 Å². The molecule has 0 bridgehead atoms. The van der Waals surface area contributed by atoms with Crippen LogP contribution in [0.1, 0.15) is 0 Å². The molecular weight excluding hydrogens is 707 g/mol. The molecule has 4 aromatic heterocycles. The number of benzene rings is 9. The van der Waals surface area contributed by atoms with E-state index in [0.29, 0.717) is 0 Å². The summed E-state index contributed by atoms with van der Waals surface area (Å²) in [6.45, 7) is 0. The molecule has 270 valence electrons. The van der Waals surface area contributed by atoms with Crippen molar-refractivity contribution in [3.63, 3.8) is 0 Å². The molecule has 9 aromatic carbocycles. The first kappa shape index (κ1) is 31.4. The second-order valence-electron chi connectivity index (χ2n) is 15.3. The van der Waals surface area contributed by atoms with Gasteiger partial charge in [-0.25, -0.2) is 0 Å². The molecule has 0 fully saturated rings. The van der Waals surface area contributed by atoms with Crippen LogP contribution in [0.2, 0.25) is 0 Å². The first-order valence-corrected chi connectivity index (χ1v) is 19.8. The largest absolute Gasteiger partial charge is 0.456 e. The fraction of sp³-hybridized carbons (Fsp3) is 0. The van der Waals surface area contributed by atoms with Crippen LogP contribution in [0.3, 0.4) is 0 Å². The van der Waals surface area contributed by atoms with Crippen molar-refractivity contribution in [3.8, 4) is 28.2 Å². The van der Waals surface area contributed by atoms with Gasteiger partial charge in [-0.2, -0.15) is 0 Å². The Labute approximate surface area is 332 Å². The molecule has 4 heteroatoms. The lowest BCUT2D eigenvalue weighted by atomic mass is 10.0. The monoisotopic (exact) mass is 739 g/mol. The van der Waals surface area contributed by atoms with Gasteiger partial charge in [-0.3, -0.25) is 0 Å². The van der Waals surface area contributed by atoms with Crippen LogP contribution in [-0.4, -0.2) is 13.7 Å². The zero-order valence-corrected chi connectivity index (χ0v) is 31.3. The van der Waals surface area contributed by atoms with Gasteiger partial charge >= 0.3 is 0 Å². The summed E-state index contributed by atoms with van der Waals surface area (Å²) in [6, 6.07) is 72.5. The zero-order chi connectivity index (χ0) is 37.9. The highest BCUT2D eigenvalue weighted by molar-refractivity contribution is 6.14. The van der Waals surface area contributed by atoms with E-state index in [1.165, 1.54) is 76.5 Å². The van der Waals surface area contributed by atoms with E-state index in [2.05, 4.69) is 214 Å². The predicted molar refractivity (Wildman–Crippen MR) is 242 cm³/mol. The summed E-state index contributed by atoms with van der Waals surface area (Å²) in [6.07, 6.45) is 0. The van der Waals surface area contributed by atoms with Crippen LogP contribution >= 0.6 is 0 Å². The Hall–Kier alpha value is -7.82. The number of rotatable bonds is 4. The Morgan fingerprint density at radius 1 is 0.241 bits per heavy atom. The zero-order valence-electron chi connectivity index (χ0n) is 31.3. The Kier molecular flexibility index (Phi) is 6.41. The van der Waals surface area contributed by atoms with Crippen LogP contribution in [0, 0.1) is 0 Å². The first-order valence-electron chi connectivity index (χ1n) is 19.8. The van der Waals surface area contributed by atoms with Crippen LogP contribution in [0.15, 0.2) is 205 Å². The van der Waals surface area contributed by atoms with Gasteiger partial charge in [0.25, 0.3) is 0 Å². The highest BCUT2D eigenvalue weighted by Crippen LogP contribution is 2.40. The Morgan fingerprint density at radius 3 is 1.05 bits per heavy atom. The third-order valence-electron chi connectivity index (χ3n) is 12.2. The minimum Gasteiger partial charge on any atom is -0.456 e. The molecule has 0 spiro atoms. The molecule has 13 aromatic rings. The van der Waals surface area contributed by atoms with Crippen LogP contribution in [0.5, 0.6) is 0 Å². The first-order chi connectivity index (χ1) is 28.8. The van der Waals surface area contributed by atoms with Gasteiger partial charge in [-0.1, -0.05) is 115 Å². The van der Waals surface area contributed by atoms with Crippen molar-refractivity contribution in [2.45, 2.75) is 0 Å². The quantitative estimate of drug-likeness (QED) is 0.177. The van der Waals surface area contributed by atoms with Crippen molar-refractivity contribution in [2.75, 3.05) is 0 Å². The molecule has 0 radical (unpaired) electrons. The summed E-state index contributed by atoms with van der Waals surface area (Å²) in [5.74, 6) is 0. The van der Waals surface area contributed by atoms with Gasteiger partial charge in [0.15, 0.2) is 0 Å². The molecule has 4 heterocycles. The number of furan rings is 1. The number of nitrogens with zero attached hydrogens (tertiary/aromatic N) is 3. The van der Waals surface area contributed by atoms with E-state index < -0.39 is 0 Å². The average Bonchev–Trinajstić information content (AvgIpc) is 4.02. The Bertz CT molecular complexity index is 3750. The smallest absolute Gasteiger partial charge is 0.135 e. The van der Waals surface area contributed by atoms with Crippen molar-refractivity contribution < 1.29 is 4.42 Å². The fourth-order valence-corrected chi connectivity index (χ4v) is 9.67. The minimum atomic E-state index is 0.877. The van der Waals surface area contributed by atoms with E-state index in [0.717, 1.165) is 39.0 Å². The van der Waals surface area contributed by atoms with Gasteiger partial charge in [0.05, 0.1) is 33.1 Å². The number of para-hydroxylation sites is 5. The highest BCUT2D eigenvalue weighted by Gasteiger charge is 2.19. The van der Waals surface area contributed by atoms with Crippen molar-refractivity contribution in [2.24, 2.45) is 0 Å². The fourth-order valence-electron chi connectivity index (χ4n) is 9.67. The highest BCUT2D eigenvalue weighted by atomic mass is 16.3. The van der Waals surface area contributed by atoms with Crippen LogP contribution < -0.4 is 0 Å². The van der Waals surface area contributed by atoms with E-state index in [9.17, 15) is 0 Å². The third-order valence-corrected chi connectivity index (χ3v) is 12.2. The molecular formula is C54H33N3O.